The van der Waals surface area contributed by atoms with E-state index < -0.39 is 17.7 Å². The molecule has 0 saturated heterocycles. The number of aliphatic hydroxyl groups excluding tert-OH is 1. The van der Waals surface area contributed by atoms with E-state index in [4.69, 9.17) is 10.2 Å². The van der Waals surface area contributed by atoms with Gasteiger partial charge in [-0.2, -0.15) is 0 Å². The number of carbonyl (C=O) groups is 2. The van der Waals surface area contributed by atoms with Crippen molar-refractivity contribution in [3.8, 4) is 0 Å². The minimum absolute atomic E-state index is 0. The molecule has 0 bridgehead atoms. The van der Waals surface area contributed by atoms with Crippen molar-refractivity contribution in [3.05, 3.63) is 0 Å². The second kappa shape index (κ2) is 9.10. The fraction of sp³-hybridized carbons (Fsp3) is 0.800. The first kappa shape index (κ1) is 19.5. The minimum Gasteiger partial charge on any atom is -0.550 e. The van der Waals surface area contributed by atoms with E-state index in [9.17, 15) is 14.7 Å². The SMILES string of the molecule is CC(C)(CC(=O)NCCCC(=O)[O-])C(O)O.[Ca+2]. The van der Waals surface area contributed by atoms with E-state index in [1.165, 1.54) is 0 Å². The summed E-state index contributed by atoms with van der Waals surface area (Å²) in [7, 11) is 0. The topological polar surface area (TPSA) is 110 Å². The van der Waals surface area contributed by atoms with Gasteiger partial charge in [0.25, 0.3) is 0 Å². The van der Waals surface area contributed by atoms with Crippen LogP contribution in [0.2, 0.25) is 0 Å². The molecule has 0 aliphatic carbocycles. The van der Waals surface area contributed by atoms with Crippen LogP contribution in [-0.4, -0.2) is 72.7 Å². The van der Waals surface area contributed by atoms with Gasteiger partial charge in [0.1, 0.15) is 0 Å². The van der Waals surface area contributed by atoms with Gasteiger partial charge in [-0.1, -0.05) is 13.8 Å². The smallest absolute Gasteiger partial charge is 0.550 e. The molecular weight excluding hydrogens is 254 g/mol. The third-order valence-corrected chi connectivity index (χ3v) is 2.19. The van der Waals surface area contributed by atoms with Gasteiger partial charge in [0.05, 0.1) is 0 Å². The van der Waals surface area contributed by atoms with Gasteiger partial charge in [-0.05, 0) is 12.8 Å². The quantitative estimate of drug-likeness (QED) is 0.281. The summed E-state index contributed by atoms with van der Waals surface area (Å²) >= 11 is 0. The predicted molar refractivity (Wildman–Crippen MR) is 59.6 cm³/mol. The molecule has 0 aliphatic rings. The molecule has 0 unspecified atom stereocenters. The van der Waals surface area contributed by atoms with Crippen molar-refractivity contribution in [2.75, 3.05) is 6.54 Å². The molecule has 0 aromatic heterocycles. The van der Waals surface area contributed by atoms with E-state index in [-0.39, 0.29) is 63.0 Å². The maximum Gasteiger partial charge on any atom is 2.00 e. The van der Waals surface area contributed by atoms with Gasteiger partial charge in [-0.25, -0.2) is 0 Å². The Kier molecular flexibility index (Phi) is 10.4. The summed E-state index contributed by atoms with van der Waals surface area (Å²) in [5.74, 6) is -1.49. The number of aliphatic hydroxyl groups is 2. The van der Waals surface area contributed by atoms with Gasteiger partial charge in [0.15, 0.2) is 6.29 Å². The maximum atomic E-state index is 11.3. The Morgan fingerprint density at radius 1 is 1.35 bits per heavy atom. The summed E-state index contributed by atoms with van der Waals surface area (Å²) < 4.78 is 0. The first-order chi connectivity index (χ1) is 7.25. The van der Waals surface area contributed by atoms with E-state index in [2.05, 4.69) is 5.32 Å². The normalized spacial score (nSPS) is 10.9. The van der Waals surface area contributed by atoms with Crippen LogP contribution >= 0.6 is 0 Å². The zero-order valence-corrected chi connectivity index (χ0v) is 12.4. The average Bonchev–Trinajstić information content (AvgIpc) is 2.11. The molecular formula is C10H18CaNO5+. The molecule has 3 N–H and O–H groups in total. The van der Waals surface area contributed by atoms with Crippen LogP contribution in [-0.2, 0) is 9.59 Å². The zero-order chi connectivity index (χ0) is 12.8. The first-order valence-electron chi connectivity index (χ1n) is 5.08. The van der Waals surface area contributed by atoms with Crippen LogP contribution in [0.3, 0.4) is 0 Å². The van der Waals surface area contributed by atoms with Crippen molar-refractivity contribution in [3.63, 3.8) is 0 Å². The standard InChI is InChI=1S/C10H19NO5.Ca/c1-10(2,9(15)16)6-7(12)11-5-3-4-8(13)14;/h9,15-16H,3-6H2,1-2H3,(H,11,12)(H,13,14);/q;+2/p-1. The van der Waals surface area contributed by atoms with Crippen molar-refractivity contribution >= 4 is 49.6 Å². The fourth-order valence-electron chi connectivity index (χ4n) is 1.03. The maximum absolute atomic E-state index is 11.3. The number of carboxylic acids is 1. The largest absolute Gasteiger partial charge is 2.00 e. The Balaban J connectivity index is 0. The third-order valence-electron chi connectivity index (χ3n) is 2.19. The van der Waals surface area contributed by atoms with Gasteiger partial charge in [-0.3, -0.25) is 4.79 Å². The molecule has 6 nitrogen and oxygen atoms in total. The van der Waals surface area contributed by atoms with Gasteiger partial charge >= 0.3 is 37.7 Å². The monoisotopic (exact) mass is 272 g/mol. The molecule has 0 radical (unpaired) electrons. The second-order valence-corrected chi connectivity index (χ2v) is 4.36. The summed E-state index contributed by atoms with van der Waals surface area (Å²) in [6, 6.07) is 0. The number of hydrogen-bond acceptors (Lipinski definition) is 5. The Morgan fingerprint density at radius 2 is 1.88 bits per heavy atom. The minimum atomic E-state index is -1.57. The van der Waals surface area contributed by atoms with Crippen molar-refractivity contribution in [1.82, 2.24) is 5.32 Å². The van der Waals surface area contributed by atoms with Gasteiger partial charge in [0, 0.05) is 24.3 Å². The van der Waals surface area contributed by atoms with Crippen molar-refractivity contribution < 1.29 is 24.9 Å². The van der Waals surface area contributed by atoms with Crippen molar-refractivity contribution in [2.45, 2.75) is 39.4 Å². The molecule has 0 fully saturated rings. The molecule has 0 atom stereocenters. The summed E-state index contributed by atoms with van der Waals surface area (Å²) in [6.45, 7) is 3.35. The molecule has 0 rings (SSSR count). The number of aliphatic carboxylic acids is 1. The first-order valence-corrected chi connectivity index (χ1v) is 5.08. The van der Waals surface area contributed by atoms with Crippen LogP contribution in [0, 0.1) is 5.41 Å². The molecule has 0 saturated carbocycles. The number of carbonyl (C=O) groups excluding carboxylic acids is 2. The summed E-state index contributed by atoms with van der Waals surface area (Å²) in [5.41, 5.74) is -0.918. The molecule has 1 amide bonds. The van der Waals surface area contributed by atoms with E-state index in [1.807, 2.05) is 0 Å². The van der Waals surface area contributed by atoms with E-state index in [1.54, 1.807) is 13.8 Å². The summed E-state index contributed by atoms with van der Waals surface area (Å²) in [5, 5.41) is 30.5. The average molecular weight is 272 g/mol. The zero-order valence-electron chi connectivity index (χ0n) is 10.2. The van der Waals surface area contributed by atoms with Crippen LogP contribution in [0.5, 0.6) is 0 Å². The Hall–Kier alpha value is 0.120. The Morgan fingerprint density at radius 3 is 2.29 bits per heavy atom. The van der Waals surface area contributed by atoms with Crippen LogP contribution in [0.1, 0.15) is 33.1 Å². The number of nitrogens with one attached hydrogen (secondary N) is 1. The van der Waals surface area contributed by atoms with E-state index in [0.717, 1.165) is 0 Å². The molecule has 0 heterocycles. The van der Waals surface area contributed by atoms with Crippen LogP contribution in [0.25, 0.3) is 0 Å². The number of amides is 1. The second-order valence-electron chi connectivity index (χ2n) is 4.36. The van der Waals surface area contributed by atoms with Crippen LogP contribution < -0.4 is 10.4 Å². The van der Waals surface area contributed by atoms with Gasteiger partial charge < -0.3 is 25.4 Å². The van der Waals surface area contributed by atoms with E-state index in [0.29, 0.717) is 6.42 Å². The fourth-order valence-corrected chi connectivity index (χ4v) is 1.03. The van der Waals surface area contributed by atoms with Crippen molar-refractivity contribution in [2.24, 2.45) is 5.41 Å². The third kappa shape index (κ3) is 9.79. The summed E-state index contributed by atoms with van der Waals surface area (Å²) in [4.78, 5) is 21.4. The molecule has 0 spiro atoms. The molecule has 7 heteroatoms. The van der Waals surface area contributed by atoms with Crippen LogP contribution in [0.4, 0.5) is 0 Å². The molecule has 17 heavy (non-hydrogen) atoms. The Bertz CT molecular complexity index is 255. The molecule has 0 aliphatic heterocycles. The number of carboxylic acid groups (broad SMARTS) is 1. The Labute approximate surface area is 130 Å². The number of rotatable bonds is 7. The van der Waals surface area contributed by atoms with E-state index >= 15 is 0 Å². The molecule has 94 valence electrons. The van der Waals surface area contributed by atoms with Crippen molar-refractivity contribution in [1.29, 1.82) is 0 Å². The van der Waals surface area contributed by atoms with Gasteiger partial charge in [-0.15, -0.1) is 0 Å². The van der Waals surface area contributed by atoms with Crippen LogP contribution in [0.15, 0.2) is 0 Å². The molecule has 0 aromatic carbocycles. The van der Waals surface area contributed by atoms with Gasteiger partial charge in [0.2, 0.25) is 5.91 Å². The predicted octanol–water partition coefficient (Wildman–Crippen LogP) is -2.02. The molecule has 0 aromatic rings. The number of hydrogen-bond donors (Lipinski definition) is 3. The summed E-state index contributed by atoms with van der Waals surface area (Å²) in [6.07, 6.45) is -1.40.